The van der Waals surface area contributed by atoms with E-state index in [9.17, 15) is 13.5 Å². The third-order valence-electron chi connectivity index (χ3n) is 4.78. The van der Waals surface area contributed by atoms with E-state index in [0.29, 0.717) is 37.0 Å². The van der Waals surface area contributed by atoms with Crippen LogP contribution in [0.4, 0.5) is 0 Å². The summed E-state index contributed by atoms with van der Waals surface area (Å²) in [6.45, 7) is 3.82. The second-order valence-corrected chi connectivity index (χ2v) is 9.65. The summed E-state index contributed by atoms with van der Waals surface area (Å²) in [6.07, 6.45) is 1.24. The molecule has 144 valence electrons. The molecule has 27 heavy (non-hydrogen) atoms. The Kier molecular flexibility index (Phi) is 4.66. The van der Waals surface area contributed by atoms with Gasteiger partial charge in [0.1, 0.15) is 5.82 Å². The van der Waals surface area contributed by atoms with Crippen molar-refractivity contribution in [1.29, 1.82) is 0 Å². The van der Waals surface area contributed by atoms with Gasteiger partial charge in [0.05, 0.1) is 17.2 Å². The third kappa shape index (κ3) is 3.45. The first-order valence-corrected chi connectivity index (χ1v) is 11.3. The molecule has 1 fully saturated rings. The van der Waals surface area contributed by atoms with Gasteiger partial charge < -0.3 is 5.11 Å². The van der Waals surface area contributed by atoms with E-state index < -0.39 is 10.0 Å². The van der Waals surface area contributed by atoms with Crippen LogP contribution in [-0.2, 0) is 10.0 Å². The Labute approximate surface area is 161 Å². The molecule has 4 rings (SSSR count). The minimum Gasteiger partial charge on any atom is -0.492 e. The molecule has 10 heteroatoms. The summed E-state index contributed by atoms with van der Waals surface area (Å²) in [5.74, 6) is 0.705. The average molecular weight is 408 g/mol. The molecule has 0 aliphatic carbocycles. The molecule has 3 aromatic rings. The Hall–Kier alpha value is -2.01. The van der Waals surface area contributed by atoms with Crippen LogP contribution in [0.5, 0.6) is 5.88 Å². The highest BCUT2D eigenvalue weighted by molar-refractivity contribution is 7.88. The van der Waals surface area contributed by atoms with E-state index in [2.05, 4.69) is 15.0 Å². The van der Waals surface area contributed by atoms with Gasteiger partial charge >= 0.3 is 0 Å². The lowest BCUT2D eigenvalue weighted by Crippen LogP contribution is -2.49. The highest BCUT2D eigenvalue weighted by Gasteiger charge is 2.33. The van der Waals surface area contributed by atoms with E-state index in [-0.39, 0.29) is 11.9 Å². The van der Waals surface area contributed by atoms with Crippen LogP contribution in [0, 0.1) is 6.92 Å². The minimum absolute atomic E-state index is 0.0926. The van der Waals surface area contributed by atoms with E-state index in [0.717, 1.165) is 10.4 Å². The van der Waals surface area contributed by atoms with Crippen LogP contribution in [0.1, 0.15) is 22.3 Å². The zero-order chi connectivity index (χ0) is 19.2. The minimum atomic E-state index is -3.19. The second-order valence-electron chi connectivity index (χ2n) is 6.65. The maximum atomic E-state index is 11.8. The molecule has 0 amide bonds. The topological polar surface area (TPSA) is 91.0 Å². The maximum absolute atomic E-state index is 11.8. The summed E-state index contributed by atoms with van der Waals surface area (Å²) in [6, 6.07) is 9.75. The Morgan fingerprint density at radius 3 is 2.41 bits per heavy atom. The molecule has 0 spiro atoms. The molecule has 1 N–H and O–H groups in total. The van der Waals surface area contributed by atoms with E-state index >= 15 is 0 Å². The van der Waals surface area contributed by atoms with Gasteiger partial charge in [0.15, 0.2) is 0 Å². The van der Waals surface area contributed by atoms with Gasteiger partial charge in [0, 0.05) is 26.2 Å². The largest absolute Gasteiger partial charge is 0.492 e. The number of fused-ring (bicyclic) bond motifs is 1. The first-order chi connectivity index (χ1) is 12.8. The van der Waals surface area contributed by atoms with Crippen molar-refractivity contribution >= 4 is 26.3 Å². The van der Waals surface area contributed by atoms with Crippen molar-refractivity contribution in [2.45, 2.75) is 13.0 Å². The number of sulfonamides is 1. The zero-order valence-corrected chi connectivity index (χ0v) is 16.7. The third-order valence-corrected chi connectivity index (χ3v) is 7.15. The van der Waals surface area contributed by atoms with Gasteiger partial charge in [-0.1, -0.05) is 41.7 Å². The number of aromatic hydroxyl groups is 1. The Balaban J connectivity index is 1.72. The quantitative estimate of drug-likeness (QED) is 0.704. The van der Waals surface area contributed by atoms with Crippen molar-refractivity contribution in [3.8, 4) is 5.88 Å². The van der Waals surface area contributed by atoms with E-state index in [4.69, 9.17) is 0 Å². The fourth-order valence-corrected chi connectivity index (χ4v) is 5.47. The molecule has 1 aliphatic rings. The lowest BCUT2D eigenvalue weighted by Gasteiger charge is -2.38. The van der Waals surface area contributed by atoms with Crippen molar-refractivity contribution in [3.05, 3.63) is 46.6 Å². The van der Waals surface area contributed by atoms with Gasteiger partial charge in [-0.3, -0.25) is 4.90 Å². The van der Waals surface area contributed by atoms with Crippen LogP contribution in [0.25, 0.3) is 4.96 Å². The highest BCUT2D eigenvalue weighted by Crippen LogP contribution is 2.40. The van der Waals surface area contributed by atoms with E-state index in [1.807, 2.05) is 30.3 Å². The Morgan fingerprint density at radius 1 is 1.15 bits per heavy atom. The molecule has 3 heterocycles. The molecule has 0 bridgehead atoms. The van der Waals surface area contributed by atoms with Gasteiger partial charge in [-0.2, -0.15) is 8.82 Å². The van der Waals surface area contributed by atoms with Crippen LogP contribution in [0.15, 0.2) is 30.3 Å². The van der Waals surface area contributed by atoms with Gasteiger partial charge in [0.25, 0.3) is 0 Å². The van der Waals surface area contributed by atoms with Gasteiger partial charge in [0.2, 0.25) is 20.9 Å². The standard InChI is InChI=1S/C17H21N5O3S2/c1-12-18-17-22(19-12)16(23)15(26-17)14(13-6-4-3-5-7-13)20-8-10-21(11-9-20)27(2,24)25/h3-7,14,23H,8-11H2,1-2H3/t14-/m0/s1. The molecule has 0 radical (unpaired) electrons. The highest BCUT2D eigenvalue weighted by atomic mass is 32.2. The second kappa shape index (κ2) is 6.86. The number of hydrogen-bond acceptors (Lipinski definition) is 7. The van der Waals surface area contributed by atoms with Crippen LogP contribution < -0.4 is 0 Å². The number of piperazine rings is 1. The van der Waals surface area contributed by atoms with Gasteiger partial charge in [-0.15, -0.1) is 5.10 Å². The maximum Gasteiger partial charge on any atom is 0.230 e. The SMILES string of the molecule is Cc1nc2sc([C@H](c3ccccc3)N3CCN(S(C)(=O)=O)CC3)c(O)n2n1. The predicted octanol–water partition coefficient (Wildman–Crippen LogP) is 1.47. The van der Waals surface area contributed by atoms with Crippen molar-refractivity contribution in [2.24, 2.45) is 0 Å². The molecule has 8 nitrogen and oxygen atoms in total. The predicted molar refractivity (Wildman–Crippen MR) is 104 cm³/mol. The lowest BCUT2D eigenvalue weighted by atomic mass is 10.0. The van der Waals surface area contributed by atoms with Crippen molar-refractivity contribution in [1.82, 2.24) is 23.8 Å². The number of benzene rings is 1. The Morgan fingerprint density at radius 2 is 1.81 bits per heavy atom. The van der Waals surface area contributed by atoms with E-state index in [1.54, 1.807) is 6.92 Å². The molecule has 0 unspecified atom stereocenters. The molecule has 2 aromatic heterocycles. The lowest BCUT2D eigenvalue weighted by molar-refractivity contribution is 0.156. The smallest absolute Gasteiger partial charge is 0.230 e. The van der Waals surface area contributed by atoms with Crippen molar-refractivity contribution in [2.75, 3.05) is 32.4 Å². The Bertz CT molecular complexity index is 1050. The summed E-state index contributed by atoms with van der Waals surface area (Å²) in [7, 11) is -3.19. The number of nitrogens with zero attached hydrogens (tertiary/aromatic N) is 5. The first-order valence-electron chi connectivity index (χ1n) is 8.64. The normalized spacial score (nSPS) is 18.1. The molecule has 1 atom stereocenters. The molecular formula is C17H21N5O3S2. The van der Waals surface area contributed by atoms with Crippen LogP contribution in [-0.4, -0.2) is 69.8 Å². The monoisotopic (exact) mass is 407 g/mol. The van der Waals surface area contributed by atoms with Gasteiger partial charge in [-0.05, 0) is 12.5 Å². The van der Waals surface area contributed by atoms with Crippen molar-refractivity contribution < 1.29 is 13.5 Å². The first kappa shape index (κ1) is 18.4. The van der Waals surface area contributed by atoms with Crippen molar-refractivity contribution in [3.63, 3.8) is 0 Å². The fraction of sp³-hybridized carbons (Fsp3) is 0.412. The van der Waals surface area contributed by atoms with Crippen LogP contribution >= 0.6 is 11.3 Å². The van der Waals surface area contributed by atoms with Gasteiger partial charge in [-0.25, -0.2) is 13.4 Å². The van der Waals surface area contributed by atoms with Crippen LogP contribution in [0.2, 0.25) is 0 Å². The molecule has 1 saturated heterocycles. The molecule has 1 aliphatic heterocycles. The van der Waals surface area contributed by atoms with E-state index in [1.165, 1.54) is 26.4 Å². The summed E-state index contributed by atoms with van der Waals surface area (Å²) in [4.78, 5) is 7.98. The number of rotatable bonds is 4. The fourth-order valence-electron chi connectivity index (χ4n) is 3.48. The number of thiazole rings is 1. The molecule has 1 aromatic carbocycles. The average Bonchev–Trinajstić information content (AvgIpc) is 3.14. The number of aryl methyl sites for hydroxylation is 1. The summed E-state index contributed by atoms with van der Waals surface area (Å²) < 4.78 is 26.6. The van der Waals surface area contributed by atoms with Crippen LogP contribution in [0.3, 0.4) is 0 Å². The molecule has 0 saturated carbocycles. The summed E-state index contributed by atoms with van der Waals surface area (Å²) in [5.41, 5.74) is 1.04. The summed E-state index contributed by atoms with van der Waals surface area (Å²) >= 11 is 1.41. The number of aromatic nitrogens is 3. The zero-order valence-electron chi connectivity index (χ0n) is 15.1. The molecular weight excluding hydrogens is 386 g/mol. The number of hydrogen-bond donors (Lipinski definition) is 1. The summed E-state index contributed by atoms with van der Waals surface area (Å²) in [5, 5.41) is 15.0.